The van der Waals surface area contributed by atoms with Gasteiger partial charge in [-0.1, -0.05) is 6.92 Å². The van der Waals surface area contributed by atoms with Crippen molar-refractivity contribution in [2.75, 3.05) is 5.32 Å². The molecule has 8 nitrogen and oxygen atoms in total. The van der Waals surface area contributed by atoms with Gasteiger partial charge in [0.2, 0.25) is 5.28 Å². The summed E-state index contributed by atoms with van der Waals surface area (Å²) in [6.07, 6.45) is 3.48. The number of carbonyl (C=O) groups excluding carboxylic acids is 1. The number of amides is 1. The van der Waals surface area contributed by atoms with Crippen LogP contribution in [-0.2, 0) is 6.54 Å². The van der Waals surface area contributed by atoms with Crippen molar-refractivity contribution in [1.82, 2.24) is 14.5 Å². The van der Waals surface area contributed by atoms with Gasteiger partial charge in [0, 0.05) is 18.8 Å². The van der Waals surface area contributed by atoms with Crippen LogP contribution in [0, 0.1) is 10.1 Å². The lowest BCUT2D eigenvalue weighted by Crippen LogP contribution is -2.17. The number of halogens is 1. The van der Waals surface area contributed by atoms with E-state index in [-0.39, 0.29) is 22.5 Å². The SMILES string of the molecule is CCCn1cc([N+](=O)[O-])cc1C(=O)Nc1ccnc(Cl)n1. The molecule has 0 radical (unpaired) electrons. The van der Waals surface area contributed by atoms with Crippen LogP contribution in [0.5, 0.6) is 0 Å². The van der Waals surface area contributed by atoms with Gasteiger partial charge in [0.25, 0.3) is 11.6 Å². The van der Waals surface area contributed by atoms with Gasteiger partial charge in [0.15, 0.2) is 0 Å². The summed E-state index contributed by atoms with van der Waals surface area (Å²) in [7, 11) is 0. The lowest BCUT2D eigenvalue weighted by Gasteiger charge is -2.07. The number of aromatic nitrogens is 3. The van der Waals surface area contributed by atoms with E-state index in [9.17, 15) is 14.9 Å². The summed E-state index contributed by atoms with van der Waals surface area (Å²) in [4.78, 5) is 30.0. The number of nitrogens with one attached hydrogen (secondary N) is 1. The largest absolute Gasteiger partial charge is 0.337 e. The van der Waals surface area contributed by atoms with E-state index in [1.54, 1.807) is 0 Å². The predicted molar refractivity (Wildman–Crippen MR) is 76.4 cm³/mol. The monoisotopic (exact) mass is 309 g/mol. The Hall–Kier alpha value is -2.48. The number of nitrogens with zero attached hydrogens (tertiary/aromatic N) is 4. The maximum Gasteiger partial charge on any atom is 0.287 e. The Morgan fingerprint density at radius 3 is 2.95 bits per heavy atom. The summed E-state index contributed by atoms with van der Waals surface area (Å²) in [6, 6.07) is 2.71. The fraction of sp³-hybridized carbons (Fsp3) is 0.250. The fourth-order valence-corrected chi connectivity index (χ4v) is 1.94. The van der Waals surface area contributed by atoms with Crippen molar-refractivity contribution in [1.29, 1.82) is 0 Å². The van der Waals surface area contributed by atoms with E-state index in [2.05, 4.69) is 15.3 Å². The summed E-state index contributed by atoms with van der Waals surface area (Å²) in [5, 5.41) is 13.4. The Balaban J connectivity index is 2.27. The van der Waals surface area contributed by atoms with Crippen molar-refractivity contribution in [2.45, 2.75) is 19.9 Å². The second-order valence-electron chi connectivity index (χ2n) is 4.20. The Kier molecular flexibility index (Phi) is 4.49. The smallest absolute Gasteiger partial charge is 0.287 e. The van der Waals surface area contributed by atoms with Crippen molar-refractivity contribution in [3.05, 3.63) is 45.6 Å². The zero-order valence-electron chi connectivity index (χ0n) is 11.1. The first-order valence-corrected chi connectivity index (χ1v) is 6.53. The van der Waals surface area contributed by atoms with Crippen LogP contribution in [0.15, 0.2) is 24.5 Å². The van der Waals surface area contributed by atoms with Crippen LogP contribution in [0.2, 0.25) is 5.28 Å². The van der Waals surface area contributed by atoms with Gasteiger partial charge in [-0.3, -0.25) is 14.9 Å². The van der Waals surface area contributed by atoms with E-state index in [1.807, 2.05) is 6.92 Å². The van der Waals surface area contributed by atoms with E-state index >= 15 is 0 Å². The Labute approximate surface area is 124 Å². The first-order valence-electron chi connectivity index (χ1n) is 6.15. The number of anilines is 1. The van der Waals surface area contributed by atoms with Gasteiger partial charge in [0.05, 0.1) is 11.1 Å². The summed E-state index contributed by atoms with van der Waals surface area (Å²) in [5.74, 6) is -0.266. The maximum absolute atomic E-state index is 12.2. The van der Waals surface area contributed by atoms with E-state index in [0.29, 0.717) is 6.54 Å². The van der Waals surface area contributed by atoms with Crippen molar-refractivity contribution in [2.24, 2.45) is 0 Å². The highest BCUT2D eigenvalue weighted by Gasteiger charge is 2.19. The first kappa shape index (κ1) is 14.9. The quantitative estimate of drug-likeness (QED) is 0.519. The molecule has 2 rings (SSSR count). The van der Waals surface area contributed by atoms with Crippen molar-refractivity contribution >= 4 is 29.0 Å². The molecule has 0 aromatic carbocycles. The molecule has 0 saturated heterocycles. The Morgan fingerprint density at radius 1 is 1.57 bits per heavy atom. The van der Waals surface area contributed by atoms with Gasteiger partial charge in [-0.2, -0.15) is 0 Å². The van der Waals surface area contributed by atoms with Crippen LogP contribution in [0.4, 0.5) is 11.5 Å². The van der Waals surface area contributed by atoms with Crippen LogP contribution in [0.3, 0.4) is 0 Å². The van der Waals surface area contributed by atoms with Crippen molar-refractivity contribution < 1.29 is 9.72 Å². The average molecular weight is 310 g/mol. The molecular formula is C12H12ClN5O3. The lowest BCUT2D eigenvalue weighted by atomic mass is 10.3. The third-order valence-electron chi connectivity index (χ3n) is 2.66. The molecule has 0 aliphatic heterocycles. The standard InChI is InChI=1S/C12H12ClN5O3/c1-2-5-17-7-8(18(20)21)6-9(17)11(19)15-10-3-4-14-12(13)16-10/h3-4,6-7H,2,5H2,1H3,(H,14,15,16,19). The van der Waals surface area contributed by atoms with Gasteiger partial charge < -0.3 is 9.88 Å². The molecule has 2 heterocycles. The first-order chi connectivity index (χ1) is 10.0. The molecule has 1 N–H and O–H groups in total. The molecule has 0 fully saturated rings. The van der Waals surface area contributed by atoms with Crippen LogP contribution in [0.25, 0.3) is 0 Å². The molecule has 110 valence electrons. The van der Waals surface area contributed by atoms with Crippen LogP contribution < -0.4 is 5.32 Å². The molecule has 0 aliphatic carbocycles. The van der Waals surface area contributed by atoms with Crippen molar-refractivity contribution in [3.8, 4) is 0 Å². The zero-order valence-corrected chi connectivity index (χ0v) is 11.9. The van der Waals surface area contributed by atoms with Gasteiger partial charge in [-0.15, -0.1) is 0 Å². The number of nitro groups is 1. The van der Waals surface area contributed by atoms with Gasteiger partial charge in [0.1, 0.15) is 11.5 Å². The number of rotatable bonds is 5. The highest BCUT2D eigenvalue weighted by Crippen LogP contribution is 2.18. The molecule has 0 unspecified atom stereocenters. The van der Waals surface area contributed by atoms with E-state index < -0.39 is 10.8 Å². The van der Waals surface area contributed by atoms with Crippen LogP contribution in [-0.4, -0.2) is 25.4 Å². The zero-order chi connectivity index (χ0) is 15.4. The van der Waals surface area contributed by atoms with E-state index in [0.717, 1.165) is 6.42 Å². The predicted octanol–water partition coefficient (Wildman–Crippen LogP) is 2.50. The normalized spacial score (nSPS) is 10.4. The summed E-state index contributed by atoms with van der Waals surface area (Å²) >= 11 is 5.63. The second-order valence-corrected chi connectivity index (χ2v) is 4.54. The minimum Gasteiger partial charge on any atom is -0.337 e. The summed E-state index contributed by atoms with van der Waals surface area (Å²) < 4.78 is 1.54. The van der Waals surface area contributed by atoms with Crippen LogP contribution >= 0.6 is 11.6 Å². The third kappa shape index (κ3) is 3.54. The molecule has 1 amide bonds. The third-order valence-corrected chi connectivity index (χ3v) is 2.84. The van der Waals surface area contributed by atoms with E-state index in [4.69, 9.17) is 11.6 Å². The highest BCUT2D eigenvalue weighted by molar-refractivity contribution is 6.28. The minimum atomic E-state index is -0.537. The number of hydrogen-bond donors (Lipinski definition) is 1. The number of carbonyl (C=O) groups is 1. The molecule has 9 heteroatoms. The minimum absolute atomic E-state index is 0.00252. The molecule has 0 atom stereocenters. The second kappa shape index (κ2) is 6.31. The number of hydrogen-bond acceptors (Lipinski definition) is 5. The molecule has 0 spiro atoms. The Bertz CT molecular complexity index is 685. The lowest BCUT2D eigenvalue weighted by molar-refractivity contribution is -0.384. The summed E-state index contributed by atoms with van der Waals surface area (Å²) in [5.41, 5.74) is 0.0626. The van der Waals surface area contributed by atoms with E-state index in [1.165, 1.54) is 29.1 Å². The number of aryl methyl sites for hydroxylation is 1. The molecule has 21 heavy (non-hydrogen) atoms. The molecule has 0 bridgehead atoms. The van der Waals surface area contributed by atoms with Gasteiger partial charge in [-0.05, 0) is 24.1 Å². The fourth-order valence-electron chi connectivity index (χ4n) is 1.80. The molecule has 2 aromatic rings. The van der Waals surface area contributed by atoms with Gasteiger partial charge >= 0.3 is 0 Å². The summed E-state index contributed by atoms with van der Waals surface area (Å²) in [6.45, 7) is 2.42. The highest BCUT2D eigenvalue weighted by atomic mass is 35.5. The maximum atomic E-state index is 12.2. The Morgan fingerprint density at radius 2 is 2.33 bits per heavy atom. The van der Waals surface area contributed by atoms with Gasteiger partial charge in [-0.25, -0.2) is 9.97 Å². The average Bonchev–Trinajstić information content (AvgIpc) is 2.83. The molecule has 0 saturated carbocycles. The molecule has 0 aliphatic rings. The molecule has 2 aromatic heterocycles. The molecular weight excluding hydrogens is 298 g/mol. The van der Waals surface area contributed by atoms with Crippen molar-refractivity contribution in [3.63, 3.8) is 0 Å². The topological polar surface area (TPSA) is 103 Å². The van der Waals surface area contributed by atoms with Crippen LogP contribution in [0.1, 0.15) is 23.8 Å².